The highest BCUT2D eigenvalue weighted by atomic mass is 32.2. The fourth-order valence-corrected chi connectivity index (χ4v) is 3.61. The minimum atomic E-state index is -0.441. The quantitative estimate of drug-likeness (QED) is 0.275. The summed E-state index contributed by atoms with van der Waals surface area (Å²) >= 11 is 1.30. The third-order valence-electron chi connectivity index (χ3n) is 4.42. The predicted molar refractivity (Wildman–Crippen MR) is 113 cm³/mol. The molecule has 2 aromatic heterocycles. The number of hydrogen-bond acceptors (Lipinski definition) is 7. The van der Waals surface area contributed by atoms with Crippen molar-refractivity contribution in [2.75, 3.05) is 5.32 Å². The lowest BCUT2D eigenvalue weighted by atomic mass is 10.2. The van der Waals surface area contributed by atoms with E-state index in [1.54, 1.807) is 19.1 Å². The Morgan fingerprint density at radius 3 is 2.77 bits per heavy atom. The van der Waals surface area contributed by atoms with E-state index in [2.05, 4.69) is 20.4 Å². The zero-order valence-corrected chi connectivity index (χ0v) is 17.0. The van der Waals surface area contributed by atoms with Crippen molar-refractivity contribution in [1.29, 1.82) is 0 Å². The van der Waals surface area contributed by atoms with E-state index >= 15 is 0 Å². The first-order valence-corrected chi connectivity index (χ1v) is 10.0. The van der Waals surface area contributed by atoms with Crippen LogP contribution in [0, 0.1) is 22.9 Å². The predicted octanol–water partition coefficient (Wildman–Crippen LogP) is 4.02. The minimum absolute atomic E-state index is 0.0235. The maximum Gasteiger partial charge on any atom is 0.269 e. The van der Waals surface area contributed by atoms with Crippen LogP contribution in [0.5, 0.6) is 0 Å². The molecule has 0 radical (unpaired) electrons. The molecule has 0 aliphatic carbocycles. The van der Waals surface area contributed by atoms with E-state index in [-0.39, 0.29) is 5.69 Å². The molecule has 0 aliphatic heterocycles. The van der Waals surface area contributed by atoms with Crippen LogP contribution in [0.3, 0.4) is 0 Å². The molecule has 0 unspecified atom stereocenters. The molecule has 0 fully saturated rings. The molecule has 0 bridgehead atoms. The van der Waals surface area contributed by atoms with Gasteiger partial charge in [-0.1, -0.05) is 23.9 Å². The topological polar surface area (TPSA) is 115 Å². The standard InChI is InChI=1S/C20H15FN6O3S/c1-12-17(18(28)23-15-7-5-14(21)6-8-15)10-22-19-24-20(25-26(12)19)31-11-13-3-2-4-16(9-13)27(29)30/h2-10H,11H2,1H3,(H,23,28). The van der Waals surface area contributed by atoms with Crippen molar-refractivity contribution in [3.8, 4) is 0 Å². The molecule has 9 nitrogen and oxygen atoms in total. The molecule has 0 atom stereocenters. The van der Waals surface area contributed by atoms with Crippen LogP contribution >= 0.6 is 11.8 Å². The number of aryl methyl sites for hydroxylation is 1. The van der Waals surface area contributed by atoms with Gasteiger partial charge >= 0.3 is 0 Å². The van der Waals surface area contributed by atoms with Crippen LogP contribution in [0.25, 0.3) is 5.78 Å². The normalized spacial score (nSPS) is 10.9. The average molecular weight is 438 g/mol. The molecular weight excluding hydrogens is 423 g/mol. The zero-order valence-electron chi connectivity index (χ0n) is 16.2. The molecule has 31 heavy (non-hydrogen) atoms. The lowest BCUT2D eigenvalue weighted by Gasteiger charge is -2.08. The molecule has 0 spiro atoms. The molecule has 4 rings (SSSR count). The van der Waals surface area contributed by atoms with E-state index < -0.39 is 16.6 Å². The summed E-state index contributed by atoms with van der Waals surface area (Å²) in [6.07, 6.45) is 1.41. The second-order valence-electron chi connectivity index (χ2n) is 6.54. The van der Waals surface area contributed by atoms with Gasteiger partial charge in [0.1, 0.15) is 5.82 Å². The van der Waals surface area contributed by atoms with Crippen molar-refractivity contribution in [3.05, 3.63) is 87.5 Å². The lowest BCUT2D eigenvalue weighted by molar-refractivity contribution is -0.384. The first-order chi connectivity index (χ1) is 14.9. The van der Waals surface area contributed by atoms with Gasteiger partial charge in [0, 0.05) is 29.8 Å². The maximum atomic E-state index is 13.0. The van der Waals surface area contributed by atoms with Crippen LogP contribution in [0.1, 0.15) is 21.6 Å². The summed E-state index contributed by atoms with van der Waals surface area (Å²) in [7, 11) is 0. The summed E-state index contributed by atoms with van der Waals surface area (Å²) in [5.41, 5.74) is 2.09. The number of nitro groups is 1. The highest BCUT2D eigenvalue weighted by Crippen LogP contribution is 2.23. The average Bonchev–Trinajstić information content (AvgIpc) is 3.18. The third kappa shape index (κ3) is 4.51. The molecule has 11 heteroatoms. The monoisotopic (exact) mass is 438 g/mol. The summed E-state index contributed by atoms with van der Waals surface area (Å²) in [6.45, 7) is 1.72. The molecular formula is C20H15FN6O3S. The van der Waals surface area contributed by atoms with Crippen molar-refractivity contribution in [2.24, 2.45) is 0 Å². The second kappa shape index (κ2) is 8.48. The highest BCUT2D eigenvalue weighted by molar-refractivity contribution is 7.98. The van der Waals surface area contributed by atoms with Crippen LogP contribution in [-0.4, -0.2) is 30.4 Å². The molecule has 4 aromatic rings. The summed E-state index contributed by atoms with van der Waals surface area (Å²) in [5, 5.41) is 18.4. The molecule has 0 aliphatic rings. The molecule has 0 saturated carbocycles. The van der Waals surface area contributed by atoms with Crippen molar-refractivity contribution >= 4 is 34.8 Å². The fourth-order valence-electron chi connectivity index (χ4n) is 2.85. The fraction of sp³-hybridized carbons (Fsp3) is 0.100. The van der Waals surface area contributed by atoms with Crippen LogP contribution in [-0.2, 0) is 5.75 Å². The number of aromatic nitrogens is 4. The number of hydrogen-bond donors (Lipinski definition) is 1. The van der Waals surface area contributed by atoms with Gasteiger partial charge in [-0.25, -0.2) is 9.37 Å². The number of anilines is 1. The van der Waals surface area contributed by atoms with Gasteiger partial charge < -0.3 is 5.32 Å². The Labute approximate surface area is 179 Å². The smallest absolute Gasteiger partial charge is 0.269 e. The third-order valence-corrected chi connectivity index (χ3v) is 5.33. The lowest BCUT2D eigenvalue weighted by Crippen LogP contribution is -2.16. The number of amides is 1. The number of fused-ring (bicyclic) bond motifs is 1. The molecule has 1 N–H and O–H groups in total. The van der Waals surface area contributed by atoms with Crippen molar-refractivity contribution in [3.63, 3.8) is 0 Å². The van der Waals surface area contributed by atoms with E-state index in [9.17, 15) is 19.3 Å². The second-order valence-corrected chi connectivity index (χ2v) is 7.48. The Morgan fingerprint density at radius 1 is 1.26 bits per heavy atom. The number of halogens is 1. The molecule has 0 saturated heterocycles. The Kier molecular flexibility index (Phi) is 5.58. The first kappa shape index (κ1) is 20.4. The van der Waals surface area contributed by atoms with Crippen molar-refractivity contribution in [2.45, 2.75) is 17.8 Å². The summed E-state index contributed by atoms with van der Waals surface area (Å²) in [5.74, 6) is -0.0256. The number of nitrogens with zero attached hydrogens (tertiary/aromatic N) is 5. The summed E-state index contributed by atoms with van der Waals surface area (Å²) in [6, 6.07) is 11.8. The minimum Gasteiger partial charge on any atom is -0.322 e. The summed E-state index contributed by atoms with van der Waals surface area (Å²) < 4.78 is 14.5. The van der Waals surface area contributed by atoms with E-state index in [0.717, 1.165) is 5.56 Å². The van der Waals surface area contributed by atoms with Gasteiger partial charge in [-0.2, -0.15) is 9.50 Å². The van der Waals surface area contributed by atoms with Crippen LogP contribution in [0.4, 0.5) is 15.8 Å². The number of carbonyl (C=O) groups is 1. The van der Waals surface area contributed by atoms with Gasteiger partial charge in [0.05, 0.1) is 16.2 Å². The van der Waals surface area contributed by atoms with Crippen molar-refractivity contribution in [1.82, 2.24) is 19.6 Å². The molecule has 2 aromatic carbocycles. The number of thioether (sulfide) groups is 1. The van der Waals surface area contributed by atoms with Gasteiger partial charge in [0.25, 0.3) is 17.4 Å². The van der Waals surface area contributed by atoms with Crippen molar-refractivity contribution < 1.29 is 14.1 Å². The van der Waals surface area contributed by atoms with E-state index in [1.807, 2.05) is 0 Å². The maximum absolute atomic E-state index is 13.0. The Hall–Kier alpha value is -3.86. The van der Waals surface area contributed by atoms with Gasteiger partial charge in [-0.3, -0.25) is 14.9 Å². The van der Waals surface area contributed by atoms with Crippen LogP contribution in [0.2, 0.25) is 0 Å². The van der Waals surface area contributed by atoms with Gasteiger partial charge in [-0.15, -0.1) is 5.10 Å². The number of carbonyl (C=O) groups excluding carboxylic acids is 1. The molecule has 1 amide bonds. The van der Waals surface area contributed by atoms with Gasteiger partial charge in [0.2, 0.25) is 5.16 Å². The SMILES string of the molecule is Cc1c(C(=O)Nc2ccc(F)cc2)cnc2nc(SCc3cccc([N+](=O)[O-])c3)nn12. The first-order valence-electron chi connectivity index (χ1n) is 9.06. The number of nitro benzene ring substituents is 1. The summed E-state index contributed by atoms with van der Waals surface area (Å²) in [4.78, 5) is 31.6. The zero-order chi connectivity index (χ0) is 22.0. The molecule has 156 valence electrons. The van der Waals surface area contributed by atoms with E-state index in [1.165, 1.54) is 58.9 Å². The van der Waals surface area contributed by atoms with Gasteiger partial charge in [0.15, 0.2) is 0 Å². The van der Waals surface area contributed by atoms with E-state index in [4.69, 9.17) is 0 Å². The number of nitrogens with one attached hydrogen (secondary N) is 1. The van der Waals surface area contributed by atoms with Crippen LogP contribution in [0.15, 0.2) is 59.9 Å². The number of rotatable bonds is 6. The Morgan fingerprint density at radius 2 is 2.03 bits per heavy atom. The van der Waals surface area contributed by atoms with E-state index in [0.29, 0.717) is 33.6 Å². The Bertz CT molecular complexity index is 1290. The molecule has 2 heterocycles. The van der Waals surface area contributed by atoms with Crippen LogP contribution < -0.4 is 5.32 Å². The highest BCUT2D eigenvalue weighted by Gasteiger charge is 2.16. The Balaban J connectivity index is 1.52. The number of non-ortho nitro benzene ring substituents is 1. The van der Waals surface area contributed by atoms with Gasteiger partial charge in [-0.05, 0) is 36.8 Å². The number of benzene rings is 2. The largest absolute Gasteiger partial charge is 0.322 e.